The topological polar surface area (TPSA) is 58.5 Å². The van der Waals surface area contributed by atoms with Crippen molar-refractivity contribution in [2.24, 2.45) is 5.10 Å². The third-order valence-corrected chi connectivity index (χ3v) is 1.74. The zero-order chi connectivity index (χ0) is 10.6. The van der Waals surface area contributed by atoms with Crippen LogP contribution in [0.15, 0.2) is 29.4 Å². The van der Waals surface area contributed by atoms with Crippen LogP contribution >= 0.6 is 0 Å². The molecule has 0 aliphatic rings. The van der Waals surface area contributed by atoms with Gasteiger partial charge in [-0.05, 0) is 17.7 Å². The van der Waals surface area contributed by atoms with Crippen LogP contribution in [0.25, 0.3) is 0 Å². The maximum Gasteiger partial charge on any atom is 0.244 e. The molecular weight excluding hydrogens is 207 g/mol. The summed E-state index contributed by atoms with van der Waals surface area (Å²) in [7, 11) is -3.32. The summed E-state index contributed by atoms with van der Waals surface area (Å²) in [6.07, 6.45) is 2.29. The average molecular weight is 216 g/mol. The Labute approximate surface area is 81.5 Å². The quantitative estimate of drug-likeness (QED) is 0.597. The Balaban J connectivity index is 2.65. The maximum atomic E-state index is 12.4. The Morgan fingerprint density at radius 3 is 2.43 bits per heavy atom. The second kappa shape index (κ2) is 4.19. The SMILES string of the molecule is CS(=O)(=O)N/N=C\c1ccc(F)cc1. The molecule has 0 fully saturated rings. The summed E-state index contributed by atoms with van der Waals surface area (Å²) in [4.78, 5) is 1.93. The number of sulfonamides is 1. The lowest BCUT2D eigenvalue weighted by molar-refractivity contribution is 0.591. The van der Waals surface area contributed by atoms with Crippen LogP contribution < -0.4 is 4.83 Å². The van der Waals surface area contributed by atoms with Crippen LogP contribution in [0.1, 0.15) is 5.56 Å². The average Bonchev–Trinajstić information content (AvgIpc) is 2.06. The van der Waals surface area contributed by atoms with Gasteiger partial charge in [-0.2, -0.15) is 5.10 Å². The van der Waals surface area contributed by atoms with Gasteiger partial charge in [-0.3, -0.25) is 0 Å². The first-order chi connectivity index (χ1) is 6.47. The molecule has 0 saturated carbocycles. The molecule has 1 aromatic carbocycles. The lowest BCUT2D eigenvalue weighted by Gasteiger charge is -1.94. The molecule has 0 spiro atoms. The van der Waals surface area contributed by atoms with Crippen molar-refractivity contribution in [3.05, 3.63) is 35.6 Å². The summed E-state index contributed by atoms with van der Waals surface area (Å²) >= 11 is 0. The lowest BCUT2D eigenvalue weighted by Crippen LogP contribution is -2.15. The minimum Gasteiger partial charge on any atom is -0.207 e. The fourth-order valence-electron chi connectivity index (χ4n) is 0.745. The van der Waals surface area contributed by atoms with E-state index < -0.39 is 10.0 Å². The Kier molecular flexibility index (Phi) is 3.19. The van der Waals surface area contributed by atoms with E-state index in [2.05, 4.69) is 5.10 Å². The summed E-state index contributed by atoms with van der Waals surface area (Å²) < 4.78 is 33.6. The van der Waals surface area contributed by atoms with Crippen LogP contribution in [0.4, 0.5) is 4.39 Å². The molecule has 4 nitrogen and oxygen atoms in total. The summed E-state index contributed by atoms with van der Waals surface area (Å²) in [6.45, 7) is 0. The van der Waals surface area contributed by atoms with Crippen molar-refractivity contribution in [2.45, 2.75) is 0 Å². The van der Waals surface area contributed by atoms with Crippen LogP contribution in [-0.2, 0) is 10.0 Å². The van der Waals surface area contributed by atoms with Crippen LogP contribution in [0, 0.1) is 5.82 Å². The highest BCUT2D eigenvalue weighted by Crippen LogP contribution is 1.99. The molecule has 0 amide bonds. The van der Waals surface area contributed by atoms with E-state index in [9.17, 15) is 12.8 Å². The van der Waals surface area contributed by atoms with Gasteiger partial charge in [0.2, 0.25) is 10.0 Å². The van der Waals surface area contributed by atoms with Crippen molar-refractivity contribution < 1.29 is 12.8 Å². The molecule has 14 heavy (non-hydrogen) atoms. The predicted molar refractivity (Wildman–Crippen MR) is 52.0 cm³/mol. The van der Waals surface area contributed by atoms with Gasteiger partial charge in [-0.25, -0.2) is 17.6 Å². The number of hydrogen-bond acceptors (Lipinski definition) is 3. The van der Waals surface area contributed by atoms with Crippen molar-refractivity contribution in [1.29, 1.82) is 0 Å². The minimum atomic E-state index is -3.32. The summed E-state index contributed by atoms with van der Waals surface area (Å²) in [5, 5.41) is 3.46. The van der Waals surface area contributed by atoms with Gasteiger partial charge in [0, 0.05) is 0 Å². The Bertz CT molecular complexity index is 425. The zero-order valence-electron chi connectivity index (χ0n) is 7.44. The maximum absolute atomic E-state index is 12.4. The van der Waals surface area contributed by atoms with E-state index in [4.69, 9.17) is 0 Å². The molecule has 0 atom stereocenters. The van der Waals surface area contributed by atoms with E-state index in [1.54, 1.807) is 0 Å². The number of rotatable bonds is 3. The number of hydrogen-bond donors (Lipinski definition) is 1. The van der Waals surface area contributed by atoms with Crippen LogP contribution in [0.2, 0.25) is 0 Å². The van der Waals surface area contributed by atoms with Crippen molar-refractivity contribution in [1.82, 2.24) is 4.83 Å². The fourth-order valence-corrected chi connectivity index (χ4v) is 0.990. The molecule has 0 saturated heterocycles. The first-order valence-electron chi connectivity index (χ1n) is 3.73. The summed E-state index contributed by atoms with van der Waals surface area (Å²) in [5.41, 5.74) is 0.613. The van der Waals surface area contributed by atoms with E-state index in [-0.39, 0.29) is 5.82 Å². The molecular formula is C8H9FN2O2S. The van der Waals surface area contributed by atoms with Crippen molar-refractivity contribution in [2.75, 3.05) is 6.26 Å². The van der Waals surface area contributed by atoms with Crippen LogP contribution in [0.5, 0.6) is 0 Å². The first-order valence-corrected chi connectivity index (χ1v) is 5.62. The van der Waals surface area contributed by atoms with Gasteiger partial charge in [-0.1, -0.05) is 12.1 Å². The molecule has 0 aliphatic carbocycles. The molecule has 1 aromatic rings. The molecule has 1 rings (SSSR count). The molecule has 0 radical (unpaired) electrons. The molecule has 0 heterocycles. The summed E-state index contributed by atoms with van der Waals surface area (Å²) in [5.74, 6) is -0.349. The second-order valence-electron chi connectivity index (χ2n) is 2.67. The first kappa shape index (κ1) is 10.6. The van der Waals surface area contributed by atoms with E-state index in [0.29, 0.717) is 5.56 Å². The normalized spacial score (nSPS) is 11.9. The van der Waals surface area contributed by atoms with E-state index >= 15 is 0 Å². The molecule has 1 N–H and O–H groups in total. The van der Waals surface area contributed by atoms with E-state index in [1.165, 1.54) is 30.5 Å². The Morgan fingerprint density at radius 1 is 1.36 bits per heavy atom. The monoisotopic (exact) mass is 216 g/mol. The lowest BCUT2D eigenvalue weighted by atomic mass is 10.2. The zero-order valence-corrected chi connectivity index (χ0v) is 8.25. The molecule has 0 unspecified atom stereocenters. The van der Waals surface area contributed by atoms with Crippen LogP contribution in [-0.4, -0.2) is 20.9 Å². The molecule has 0 aromatic heterocycles. The van der Waals surface area contributed by atoms with E-state index in [1.807, 2.05) is 4.83 Å². The minimum absolute atomic E-state index is 0.349. The van der Waals surface area contributed by atoms with Gasteiger partial charge in [0.1, 0.15) is 5.82 Å². The van der Waals surface area contributed by atoms with E-state index in [0.717, 1.165) is 6.26 Å². The third-order valence-electron chi connectivity index (χ3n) is 1.30. The Hall–Kier alpha value is -1.43. The molecule has 76 valence electrons. The second-order valence-corrected chi connectivity index (χ2v) is 4.40. The molecule has 0 aliphatic heterocycles. The highest BCUT2D eigenvalue weighted by molar-refractivity contribution is 7.88. The van der Waals surface area contributed by atoms with Gasteiger partial charge >= 0.3 is 0 Å². The summed E-state index contributed by atoms with van der Waals surface area (Å²) in [6, 6.07) is 5.51. The highest BCUT2D eigenvalue weighted by Gasteiger charge is 1.94. The van der Waals surface area contributed by atoms with Crippen molar-refractivity contribution >= 4 is 16.2 Å². The largest absolute Gasteiger partial charge is 0.244 e. The predicted octanol–water partition coefficient (Wildman–Crippen LogP) is 0.709. The Morgan fingerprint density at radius 2 is 1.93 bits per heavy atom. The molecule has 0 bridgehead atoms. The number of hydrazone groups is 1. The van der Waals surface area contributed by atoms with Gasteiger partial charge < -0.3 is 0 Å². The smallest absolute Gasteiger partial charge is 0.207 e. The number of nitrogens with zero attached hydrogens (tertiary/aromatic N) is 1. The number of halogens is 1. The number of benzene rings is 1. The third kappa shape index (κ3) is 3.99. The van der Waals surface area contributed by atoms with Crippen LogP contribution in [0.3, 0.4) is 0 Å². The number of nitrogens with one attached hydrogen (secondary N) is 1. The van der Waals surface area contributed by atoms with Gasteiger partial charge in [0.15, 0.2) is 0 Å². The highest BCUT2D eigenvalue weighted by atomic mass is 32.2. The standard InChI is InChI=1S/C8H9FN2O2S/c1-14(12,13)11-10-6-7-2-4-8(9)5-3-7/h2-6,11H,1H3/b10-6-. The van der Waals surface area contributed by atoms with Gasteiger partial charge in [0.05, 0.1) is 12.5 Å². The van der Waals surface area contributed by atoms with Gasteiger partial charge in [-0.15, -0.1) is 0 Å². The van der Waals surface area contributed by atoms with Crippen molar-refractivity contribution in [3.63, 3.8) is 0 Å². The van der Waals surface area contributed by atoms with Crippen molar-refractivity contribution in [3.8, 4) is 0 Å². The fraction of sp³-hybridized carbons (Fsp3) is 0.125. The molecule has 6 heteroatoms. The van der Waals surface area contributed by atoms with Gasteiger partial charge in [0.25, 0.3) is 0 Å².